The summed E-state index contributed by atoms with van der Waals surface area (Å²) in [5.41, 5.74) is -0.218. The third kappa shape index (κ3) is 2.73. The van der Waals surface area contributed by atoms with Crippen molar-refractivity contribution in [2.45, 2.75) is 12.8 Å². The first-order valence-electron chi connectivity index (χ1n) is 5.17. The molecule has 4 nitrogen and oxygen atoms in total. The molecule has 0 unspecified atom stereocenters. The van der Waals surface area contributed by atoms with E-state index in [0.29, 0.717) is 5.56 Å². The first kappa shape index (κ1) is 13.5. The fourth-order valence-corrected chi connectivity index (χ4v) is 1.76. The maximum atomic E-state index is 13.1. The summed E-state index contributed by atoms with van der Waals surface area (Å²) in [6, 6.07) is 4.82. The lowest BCUT2D eigenvalue weighted by Crippen LogP contribution is -2.06. The average Bonchev–Trinajstić information content (AvgIpc) is 2.76. The van der Waals surface area contributed by atoms with E-state index in [-0.39, 0.29) is 22.0 Å². The molecule has 0 saturated heterocycles. The molecule has 0 radical (unpaired) electrons. The van der Waals surface area contributed by atoms with E-state index < -0.39 is 11.9 Å². The van der Waals surface area contributed by atoms with Crippen LogP contribution in [0.25, 0.3) is 11.3 Å². The molecule has 0 aliphatic rings. The second kappa shape index (κ2) is 4.62. The number of carboxylic acid groups (broad SMARTS) is 1. The van der Waals surface area contributed by atoms with Crippen LogP contribution in [0.2, 0.25) is 5.02 Å². The van der Waals surface area contributed by atoms with Crippen molar-refractivity contribution in [1.29, 1.82) is 0 Å². The second-order valence-corrected chi connectivity index (χ2v) is 4.37. The lowest BCUT2D eigenvalue weighted by molar-refractivity contribution is 0.0175. The Hall–Kier alpha value is -1.95. The van der Waals surface area contributed by atoms with Gasteiger partial charge in [-0.05, 0) is 12.1 Å². The normalized spacial score (nSPS) is 11.6. The van der Waals surface area contributed by atoms with Crippen molar-refractivity contribution >= 4 is 17.6 Å². The van der Waals surface area contributed by atoms with Crippen LogP contribution in [0.5, 0.6) is 0 Å². The van der Waals surface area contributed by atoms with E-state index in [1.807, 2.05) is 0 Å². The topological polar surface area (TPSA) is 63.3 Å². The Kier molecular flexibility index (Phi) is 3.28. The van der Waals surface area contributed by atoms with Crippen LogP contribution in [0.15, 0.2) is 28.8 Å². The van der Waals surface area contributed by atoms with Crippen LogP contribution in [0.3, 0.4) is 0 Å². The van der Waals surface area contributed by atoms with Crippen LogP contribution in [-0.4, -0.2) is 16.2 Å². The largest absolute Gasteiger partial charge is 0.476 e. The van der Waals surface area contributed by atoms with Crippen LogP contribution < -0.4 is 0 Å². The van der Waals surface area contributed by atoms with E-state index in [9.17, 15) is 13.6 Å². The molecule has 0 fully saturated rings. The predicted molar refractivity (Wildman–Crippen MR) is 63.5 cm³/mol. The number of aromatic carboxylic acids is 1. The van der Waals surface area contributed by atoms with Gasteiger partial charge in [-0.2, -0.15) is 0 Å². The third-order valence-corrected chi connectivity index (χ3v) is 2.78. The van der Waals surface area contributed by atoms with Crippen LogP contribution in [0.1, 0.15) is 23.0 Å². The summed E-state index contributed by atoms with van der Waals surface area (Å²) in [6.07, 6.45) is 0. The maximum absolute atomic E-state index is 13.1. The van der Waals surface area contributed by atoms with Crippen molar-refractivity contribution in [3.05, 3.63) is 40.5 Å². The molecule has 2 aromatic rings. The van der Waals surface area contributed by atoms with Crippen LogP contribution in [0.4, 0.5) is 8.78 Å². The predicted octanol–water partition coefficient (Wildman–Crippen LogP) is 3.80. The van der Waals surface area contributed by atoms with Gasteiger partial charge in [0.05, 0.1) is 5.02 Å². The fraction of sp³-hybridized carbons (Fsp3) is 0.167. The van der Waals surface area contributed by atoms with Gasteiger partial charge >= 0.3 is 5.97 Å². The number of hydrogen-bond acceptors (Lipinski definition) is 3. The monoisotopic (exact) mass is 287 g/mol. The van der Waals surface area contributed by atoms with E-state index in [2.05, 4.69) is 5.16 Å². The van der Waals surface area contributed by atoms with Crippen molar-refractivity contribution in [2.75, 3.05) is 0 Å². The molecule has 1 aromatic carbocycles. The Morgan fingerprint density at radius 3 is 2.58 bits per heavy atom. The highest BCUT2D eigenvalue weighted by atomic mass is 35.5. The van der Waals surface area contributed by atoms with Gasteiger partial charge in [-0.1, -0.05) is 22.8 Å². The van der Waals surface area contributed by atoms with Crippen LogP contribution in [-0.2, 0) is 5.92 Å². The van der Waals surface area contributed by atoms with Gasteiger partial charge < -0.3 is 9.63 Å². The summed E-state index contributed by atoms with van der Waals surface area (Å²) in [7, 11) is 0. The molecule has 100 valence electrons. The molecule has 19 heavy (non-hydrogen) atoms. The van der Waals surface area contributed by atoms with Gasteiger partial charge in [0.2, 0.25) is 0 Å². The molecule has 1 aromatic heterocycles. The molecule has 2 rings (SSSR count). The summed E-state index contributed by atoms with van der Waals surface area (Å²) in [6.45, 7) is 0.759. The molecule has 0 amide bonds. The summed E-state index contributed by atoms with van der Waals surface area (Å²) >= 11 is 5.89. The Morgan fingerprint density at radius 1 is 1.42 bits per heavy atom. The SMILES string of the molecule is CC(F)(F)c1ccc(-c2cc(C(=O)O)no2)c(Cl)c1. The van der Waals surface area contributed by atoms with Gasteiger partial charge in [-0.3, -0.25) is 0 Å². The molecular weight excluding hydrogens is 280 g/mol. The molecule has 0 spiro atoms. The molecule has 7 heteroatoms. The number of aromatic nitrogens is 1. The second-order valence-electron chi connectivity index (χ2n) is 3.96. The van der Waals surface area contributed by atoms with E-state index in [0.717, 1.165) is 13.0 Å². The molecule has 0 atom stereocenters. The summed E-state index contributed by atoms with van der Waals surface area (Å²) in [5.74, 6) is -4.15. The van der Waals surface area contributed by atoms with Gasteiger partial charge in [-0.15, -0.1) is 0 Å². The Morgan fingerprint density at radius 2 is 2.11 bits per heavy atom. The van der Waals surface area contributed by atoms with Crippen molar-refractivity contribution in [1.82, 2.24) is 5.16 Å². The zero-order chi connectivity index (χ0) is 14.2. The quantitative estimate of drug-likeness (QED) is 0.932. The molecule has 0 aliphatic carbocycles. The van der Waals surface area contributed by atoms with Gasteiger partial charge in [0.25, 0.3) is 5.92 Å². The number of carbonyl (C=O) groups is 1. The number of rotatable bonds is 3. The highest BCUT2D eigenvalue weighted by Crippen LogP contribution is 2.34. The number of hydrogen-bond donors (Lipinski definition) is 1. The fourth-order valence-electron chi connectivity index (χ4n) is 1.49. The summed E-state index contributed by atoms with van der Waals surface area (Å²) < 4.78 is 31.0. The van der Waals surface area contributed by atoms with Crippen molar-refractivity contribution in [3.8, 4) is 11.3 Å². The van der Waals surface area contributed by atoms with Crippen LogP contribution >= 0.6 is 11.6 Å². The minimum absolute atomic E-state index is 0.0344. The number of alkyl halides is 2. The maximum Gasteiger partial charge on any atom is 0.358 e. The van der Waals surface area contributed by atoms with E-state index >= 15 is 0 Å². The van der Waals surface area contributed by atoms with Gasteiger partial charge in [0.1, 0.15) is 0 Å². The Labute approximate surface area is 111 Å². The zero-order valence-corrected chi connectivity index (χ0v) is 10.4. The van der Waals surface area contributed by atoms with Crippen molar-refractivity contribution < 1.29 is 23.2 Å². The lowest BCUT2D eigenvalue weighted by atomic mass is 10.1. The summed E-state index contributed by atoms with van der Waals surface area (Å²) in [4.78, 5) is 10.7. The Balaban J connectivity index is 2.43. The van der Waals surface area contributed by atoms with Gasteiger partial charge in [0.15, 0.2) is 11.5 Å². The van der Waals surface area contributed by atoms with E-state index in [1.54, 1.807) is 0 Å². The first-order chi connectivity index (χ1) is 8.79. The molecule has 0 aliphatic heterocycles. The Bertz CT molecular complexity index is 634. The highest BCUT2D eigenvalue weighted by Gasteiger charge is 2.25. The molecule has 1 N–H and O–H groups in total. The number of benzene rings is 1. The lowest BCUT2D eigenvalue weighted by Gasteiger charge is -2.11. The minimum Gasteiger partial charge on any atom is -0.476 e. The molecular formula is C12H8ClF2NO3. The zero-order valence-electron chi connectivity index (χ0n) is 9.65. The molecule has 0 saturated carbocycles. The summed E-state index contributed by atoms with van der Waals surface area (Å²) in [5, 5.41) is 12.1. The van der Waals surface area contributed by atoms with Gasteiger partial charge in [0, 0.05) is 24.1 Å². The smallest absolute Gasteiger partial charge is 0.358 e. The minimum atomic E-state index is -3.00. The third-order valence-electron chi connectivity index (χ3n) is 2.47. The molecule has 1 heterocycles. The van der Waals surface area contributed by atoms with Crippen molar-refractivity contribution in [2.24, 2.45) is 0 Å². The molecule has 0 bridgehead atoms. The van der Waals surface area contributed by atoms with Crippen molar-refractivity contribution in [3.63, 3.8) is 0 Å². The number of nitrogens with zero attached hydrogens (tertiary/aromatic N) is 1. The number of carboxylic acids is 1. The van der Waals surface area contributed by atoms with Crippen LogP contribution in [0, 0.1) is 0 Å². The van der Waals surface area contributed by atoms with E-state index in [4.69, 9.17) is 21.2 Å². The average molecular weight is 288 g/mol. The standard InChI is InChI=1S/C12H8ClF2NO3/c1-12(14,15)6-2-3-7(8(13)4-6)10-5-9(11(17)18)16-19-10/h2-5H,1H3,(H,17,18). The number of halogens is 3. The first-order valence-corrected chi connectivity index (χ1v) is 5.55. The van der Waals surface area contributed by atoms with E-state index in [1.165, 1.54) is 18.2 Å². The van der Waals surface area contributed by atoms with Gasteiger partial charge in [-0.25, -0.2) is 13.6 Å². The highest BCUT2D eigenvalue weighted by molar-refractivity contribution is 6.33.